The number of benzene rings is 2. The Kier molecular flexibility index (Phi) is 7.00. The molecule has 0 aliphatic heterocycles. The highest BCUT2D eigenvalue weighted by molar-refractivity contribution is 7.92. The van der Waals surface area contributed by atoms with Crippen molar-refractivity contribution in [2.24, 2.45) is 5.10 Å². The highest BCUT2D eigenvalue weighted by Gasteiger charge is 2.23. The largest absolute Gasteiger partial charge is 0.507 e. The Morgan fingerprint density at radius 2 is 1.82 bits per heavy atom. The van der Waals surface area contributed by atoms with E-state index in [0.717, 1.165) is 10.6 Å². The second-order valence-corrected chi connectivity index (χ2v) is 7.83. The van der Waals surface area contributed by atoms with Gasteiger partial charge in [-0.2, -0.15) is 5.10 Å². The van der Waals surface area contributed by atoms with Crippen molar-refractivity contribution in [2.75, 3.05) is 23.7 Å². The molecule has 0 aliphatic rings. The van der Waals surface area contributed by atoms with Crippen molar-refractivity contribution in [3.63, 3.8) is 0 Å². The molecule has 0 bridgehead atoms. The lowest BCUT2D eigenvalue weighted by molar-refractivity contribution is -0.119. The van der Waals surface area contributed by atoms with E-state index in [2.05, 4.69) is 10.5 Å². The normalized spacial score (nSPS) is 11.8. The number of carbonyl (C=O) groups is 1. The smallest absolute Gasteiger partial charge is 0.260 e. The monoisotopic (exact) mass is 405 g/mol. The van der Waals surface area contributed by atoms with E-state index in [0.29, 0.717) is 23.6 Å². The number of nitrogens with zero attached hydrogens (tertiary/aromatic N) is 2. The van der Waals surface area contributed by atoms with E-state index in [1.54, 1.807) is 56.3 Å². The van der Waals surface area contributed by atoms with Crippen molar-refractivity contribution in [3.05, 3.63) is 54.1 Å². The van der Waals surface area contributed by atoms with Crippen LogP contribution in [0.3, 0.4) is 0 Å². The van der Waals surface area contributed by atoms with E-state index in [1.165, 1.54) is 6.07 Å². The van der Waals surface area contributed by atoms with E-state index < -0.39 is 22.5 Å². The SMILES string of the molecule is CCOc1ccccc1N(CC(=O)N/N=C(/C)c1ccccc1O)S(C)(=O)=O. The molecule has 0 heterocycles. The Morgan fingerprint density at radius 3 is 2.46 bits per heavy atom. The molecule has 0 aliphatic carbocycles. The predicted octanol–water partition coefficient (Wildman–Crippen LogP) is 2.10. The van der Waals surface area contributed by atoms with E-state index in [1.807, 2.05) is 0 Å². The van der Waals surface area contributed by atoms with Gasteiger partial charge in [-0.15, -0.1) is 0 Å². The maximum Gasteiger partial charge on any atom is 0.260 e. The second-order valence-electron chi connectivity index (χ2n) is 5.92. The van der Waals surface area contributed by atoms with Gasteiger partial charge in [-0.05, 0) is 38.1 Å². The fourth-order valence-electron chi connectivity index (χ4n) is 2.47. The molecule has 0 unspecified atom stereocenters. The zero-order valence-electron chi connectivity index (χ0n) is 15.9. The Morgan fingerprint density at radius 1 is 1.18 bits per heavy atom. The van der Waals surface area contributed by atoms with Gasteiger partial charge >= 0.3 is 0 Å². The van der Waals surface area contributed by atoms with Crippen molar-refractivity contribution >= 4 is 27.3 Å². The van der Waals surface area contributed by atoms with Crippen molar-refractivity contribution in [3.8, 4) is 11.5 Å². The molecule has 1 amide bonds. The highest BCUT2D eigenvalue weighted by atomic mass is 32.2. The fraction of sp³-hybridized carbons (Fsp3) is 0.263. The van der Waals surface area contributed by atoms with Gasteiger partial charge < -0.3 is 9.84 Å². The Balaban J connectivity index is 2.21. The molecule has 9 heteroatoms. The van der Waals surface area contributed by atoms with Gasteiger partial charge in [0.05, 0.1) is 24.3 Å². The molecule has 2 aromatic rings. The van der Waals surface area contributed by atoms with Crippen LogP contribution in [0.15, 0.2) is 53.6 Å². The van der Waals surface area contributed by atoms with Gasteiger partial charge in [0.15, 0.2) is 0 Å². The fourth-order valence-corrected chi connectivity index (χ4v) is 3.33. The van der Waals surface area contributed by atoms with E-state index in [-0.39, 0.29) is 11.4 Å². The van der Waals surface area contributed by atoms with Gasteiger partial charge in [0.1, 0.15) is 18.0 Å². The molecule has 2 aromatic carbocycles. The molecule has 0 saturated heterocycles. The van der Waals surface area contributed by atoms with Gasteiger partial charge in [0, 0.05) is 5.56 Å². The molecule has 2 N–H and O–H groups in total. The molecule has 150 valence electrons. The number of para-hydroxylation sites is 3. The second kappa shape index (κ2) is 9.23. The Bertz CT molecular complexity index is 973. The summed E-state index contributed by atoms with van der Waals surface area (Å²) >= 11 is 0. The Labute approximate surface area is 164 Å². The number of hydrazone groups is 1. The number of anilines is 1. The molecule has 28 heavy (non-hydrogen) atoms. The maximum absolute atomic E-state index is 12.3. The van der Waals surface area contributed by atoms with Gasteiger partial charge in [-0.1, -0.05) is 24.3 Å². The molecule has 0 aromatic heterocycles. The maximum atomic E-state index is 12.3. The molecular formula is C19H23N3O5S. The molecule has 2 rings (SSSR count). The van der Waals surface area contributed by atoms with Crippen molar-refractivity contribution in [1.82, 2.24) is 5.43 Å². The van der Waals surface area contributed by atoms with Crippen molar-refractivity contribution in [2.45, 2.75) is 13.8 Å². The topological polar surface area (TPSA) is 108 Å². The standard InChI is InChI=1S/C19H23N3O5S/c1-4-27-18-12-8-6-10-16(18)22(28(3,25)26)13-19(24)21-20-14(2)15-9-5-7-11-17(15)23/h5-12,23H,4,13H2,1-3H3,(H,21,24)/b20-14-. The lowest BCUT2D eigenvalue weighted by atomic mass is 10.1. The molecule has 0 fully saturated rings. The number of phenolic OH excluding ortho intramolecular Hbond substituents is 1. The lowest BCUT2D eigenvalue weighted by Gasteiger charge is -2.23. The summed E-state index contributed by atoms with van der Waals surface area (Å²) in [5.74, 6) is -0.245. The first-order valence-electron chi connectivity index (χ1n) is 8.55. The van der Waals surface area contributed by atoms with E-state index in [9.17, 15) is 18.3 Å². The number of carbonyl (C=O) groups excluding carboxylic acids is 1. The van der Waals surface area contributed by atoms with Gasteiger partial charge in [0.25, 0.3) is 5.91 Å². The van der Waals surface area contributed by atoms with Crippen LogP contribution in [0.2, 0.25) is 0 Å². The molecule has 0 saturated carbocycles. The van der Waals surface area contributed by atoms with Crippen molar-refractivity contribution in [1.29, 1.82) is 0 Å². The van der Waals surface area contributed by atoms with Gasteiger partial charge in [-0.25, -0.2) is 13.8 Å². The van der Waals surface area contributed by atoms with E-state index in [4.69, 9.17) is 4.74 Å². The number of amides is 1. The molecule has 0 spiro atoms. The summed E-state index contributed by atoms with van der Waals surface area (Å²) in [6.45, 7) is 3.28. The third kappa shape index (κ3) is 5.46. The summed E-state index contributed by atoms with van der Waals surface area (Å²) in [6, 6.07) is 13.1. The molecule has 8 nitrogen and oxygen atoms in total. The third-order valence-corrected chi connectivity index (χ3v) is 4.89. The number of phenols is 1. The molecular weight excluding hydrogens is 382 g/mol. The number of nitrogens with one attached hydrogen (secondary N) is 1. The van der Waals surface area contributed by atoms with Crippen molar-refractivity contribution < 1.29 is 23.1 Å². The highest BCUT2D eigenvalue weighted by Crippen LogP contribution is 2.29. The van der Waals surface area contributed by atoms with Crippen LogP contribution >= 0.6 is 0 Å². The van der Waals surface area contributed by atoms with Crippen LogP contribution in [0.4, 0.5) is 5.69 Å². The lowest BCUT2D eigenvalue weighted by Crippen LogP contribution is -2.39. The van der Waals surface area contributed by atoms with Gasteiger partial charge in [0.2, 0.25) is 10.0 Å². The number of hydrogen-bond acceptors (Lipinski definition) is 6. The third-order valence-electron chi connectivity index (χ3n) is 3.76. The Hall–Kier alpha value is -3.07. The number of hydrogen-bond donors (Lipinski definition) is 2. The van der Waals surface area contributed by atoms with Crippen LogP contribution in [-0.2, 0) is 14.8 Å². The summed E-state index contributed by atoms with van der Waals surface area (Å²) in [6.07, 6.45) is 1.01. The van der Waals surface area contributed by atoms with Crippen LogP contribution in [0.1, 0.15) is 19.4 Å². The zero-order valence-corrected chi connectivity index (χ0v) is 16.7. The summed E-state index contributed by atoms with van der Waals surface area (Å²) < 4.78 is 30.9. The first kappa shape index (κ1) is 21.2. The van der Waals surface area contributed by atoms with Crippen LogP contribution < -0.4 is 14.5 Å². The van der Waals surface area contributed by atoms with Gasteiger partial charge in [-0.3, -0.25) is 9.10 Å². The quantitative estimate of drug-likeness (QED) is 0.516. The number of sulfonamides is 1. The summed E-state index contributed by atoms with van der Waals surface area (Å²) in [5.41, 5.74) is 3.43. The minimum Gasteiger partial charge on any atom is -0.507 e. The zero-order chi connectivity index (χ0) is 20.7. The number of rotatable bonds is 8. The average Bonchev–Trinajstić information content (AvgIpc) is 2.64. The van der Waals surface area contributed by atoms with Crippen LogP contribution in [0.5, 0.6) is 11.5 Å². The molecule has 0 atom stereocenters. The number of aromatic hydroxyl groups is 1. The average molecular weight is 405 g/mol. The molecule has 0 radical (unpaired) electrons. The first-order valence-corrected chi connectivity index (χ1v) is 10.4. The minimum absolute atomic E-state index is 0.0291. The van der Waals surface area contributed by atoms with E-state index >= 15 is 0 Å². The van der Waals surface area contributed by atoms with Crippen LogP contribution in [-0.4, -0.2) is 44.6 Å². The summed E-state index contributed by atoms with van der Waals surface area (Å²) in [7, 11) is -3.75. The predicted molar refractivity (Wildman–Crippen MR) is 108 cm³/mol. The van der Waals surface area contributed by atoms with Crippen LogP contribution in [0.25, 0.3) is 0 Å². The minimum atomic E-state index is -3.75. The van der Waals surface area contributed by atoms with Crippen LogP contribution in [0, 0.1) is 0 Å². The number of ether oxygens (including phenoxy) is 1. The first-order chi connectivity index (χ1) is 13.2. The summed E-state index contributed by atoms with van der Waals surface area (Å²) in [5, 5.41) is 13.8. The summed E-state index contributed by atoms with van der Waals surface area (Å²) in [4.78, 5) is 12.3.